The molecule has 2 heterocycles. The normalized spacial score (nSPS) is 11.6. The van der Waals surface area contributed by atoms with Crippen LogP contribution in [0.15, 0.2) is 47.8 Å². The van der Waals surface area contributed by atoms with Gasteiger partial charge in [0.25, 0.3) is 0 Å². The molecule has 10 heteroatoms. The van der Waals surface area contributed by atoms with Crippen molar-refractivity contribution in [3.63, 3.8) is 0 Å². The molecule has 0 aliphatic heterocycles. The molecule has 0 aromatic carbocycles. The lowest BCUT2D eigenvalue weighted by Crippen LogP contribution is -2.40. The van der Waals surface area contributed by atoms with Gasteiger partial charge >= 0.3 is 6.18 Å². The number of hydrogen-bond acceptors (Lipinski definition) is 3. The van der Waals surface area contributed by atoms with Crippen LogP contribution in [0.1, 0.15) is 5.56 Å². The molecule has 2 aromatic heterocycles. The molecule has 0 atom stereocenters. The highest BCUT2D eigenvalue weighted by Gasteiger charge is 2.30. The average molecular weight is 483 g/mol. The molecule has 144 valence electrons. The zero-order chi connectivity index (χ0) is 18.1. The van der Waals surface area contributed by atoms with Crippen LogP contribution < -0.4 is 15.4 Å². The van der Waals surface area contributed by atoms with Crippen LogP contribution in [-0.4, -0.2) is 42.3 Å². The number of hydrogen-bond donors (Lipinski definition) is 2. The van der Waals surface area contributed by atoms with Gasteiger partial charge in [-0.1, -0.05) is 0 Å². The fraction of sp³-hybridized carbons (Fsp3) is 0.375. The molecular weight excluding hydrogens is 462 g/mol. The Balaban J connectivity index is 0.00000338. The van der Waals surface area contributed by atoms with Crippen LogP contribution in [0.4, 0.5) is 13.2 Å². The molecule has 2 rings (SSSR count). The van der Waals surface area contributed by atoms with Gasteiger partial charge in [-0.2, -0.15) is 13.2 Å². The SMILES string of the molecule is CN=C(NCCOc1ccc(C(F)(F)F)cn1)NCCn1cccc1.I. The summed E-state index contributed by atoms with van der Waals surface area (Å²) >= 11 is 0. The molecule has 0 saturated heterocycles. The van der Waals surface area contributed by atoms with Crippen LogP contribution in [-0.2, 0) is 12.7 Å². The van der Waals surface area contributed by atoms with Crippen molar-refractivity contribution in [3.8, 4) is 5.88 Å². The summed E-state index contributed by atoms with van der Waals surface area (Å²) in [5.41, 5.74) is -0.801. The smallest absolute Gasteiger partial charge is 0.417 e. The number of aromatic nitrogens is 2. The minimum Gasteiger partial charge on any atom is -0.476 e. The van der Waals surface area contributed by atoms with E-state index >= 15 is 0 Å². The summed E-state index contributed by atoms with van der Waals surface area (Å²) in [7, 11) is 1.66. The fourth-order valence-corrected chi connectivity index (χ4v) is 2.00. The highest BCUT2D eigenvalue weighted by atomic mass is 127. The predicted octanol–water partition coefficient (Wildman–Crippen LogP) is 2.76. The minimum absolute atomic E-state index is 0. The molecule has 0 spiro atoms. The maximum atomic E-state index is 12.4. The molecule has 0 fully saturated rings. The van der Waals surface area contributed by atoms with Gasteiger partial charge in [0.05, 0.1) is 12.1 Å². The standard InChI is InChI=1S/C16H20F3N5O.HI/c1-20-15(21-6-10-24-8-2-3-9-24)22-7-11-25-14-5-4-13(12-23-14)16(17,18)19;/h2-5,8-9,12H,6-7,10-11H2,1H3,(H2,20,21,22);1H. The third kappa shape index (κ3) is 7.50. The number of nitrogens with zero attached hydrogens (tertiary/aromatic N) is 3. The largest absolute Gasteiger partial charge is 0.476 e. The van der Waals surface area contributed by atoms with E-state index in [0.717, 1.165) is 18.8 Å². The van der Waals surface area contributed by atoms with E-state index in [2.05, 4.69) is 20.6 Å². The van der Waals surface area contributed by atoms with Crippen molar-refractivity contribution in [2.45, 2.75) is 12.7 Å². The summed E-state index contributed by atoms with van der Waals surface area (Å²) in [4.78, 5) is 7.72. The molecular formula is C16H21F3IN5O. The van der Waals surface area contributed by atoms with Crippen molar-refractivity contribution < 1.29 is 17.9 Å². The first kappa shape index (κ1) is 22.1. The van der Waals surface area contributed by atoms with Gasteiger partial charge in [0.2, 0.25) is 5.88 Å². The fourth-order valence-electron chi connectivity index (χ4n) is 2.00. The highest BCUT2D eigenvalue weighted by Crippen LogP contribution is 2.29. The number of guanidine groups is 1. The molecule has 0 amide bonds. The van der Waals surface area contributed by atoms with Crippen molar-refractivity contribution in [1.82, 2.24) is 20.2 Å². The van der Waals surface area contributed by atoms with Gasteiger partial charge in [0.15, 0.2) is 5.96 Å². The van der Waals surface area contributed by atoms with Gasteiger partial charge in [-0.15, -0.1) is 24.0 Å². The lowest BCUT2D eigenvalue weighted by molar-refractivity contribution is -0.137. The lowest BCUT2D eigenvalue weighted by Gasteiger charge is -2.13. The van der Waals surface area contributed by atoms with E-state index < -0.39 is 11.7 Å². The van der Waals surface area contributed by atoms with Crippen LogP contribution in [0.25, 0.3) is 0 Å². The second kappa shape index (κ2) is 10.9. The third-order valence-corrected chi connectivity index (χ3v) is 3.26. The Bertz CT molecular complexity index is 660. The Labute approximate surface area is 166 Å². The van der Waals surface area contributed by atoms with Gasteiger partial charge in [0.1, 0.15) is 6.61 Å². The summed E-state index contributed by atoms with van der Waals surface area (Å²) in [6.45, 7) is 2.19. The Morgan fingerprint density at radius 3 is 2.46 bits per heavy atom. The zero-order valence-corrected chi connectivity index (χ0v) is 16.5. The molecule has 0 aliphatic rings. The van der Waals surface area contributed by atoms with E-state index in [0.29, 0.717) is 19.0 Å². The first-order chi connectivity index (χ1) is 12.0. The molecule has 26 heavy (non-hydrogen) atoms. The van der Waals surface area contributed by atoms with Gasteiger partial charge in [0, 0.05) is 44.8 Å². The maximum absolute atomic E-state index is 12.4. The van der Waals surface area contributed by atoms with Crippen molar-refractivity contribution in [3.05, 3.63) is 48.4 Å². The molecule has 0 unspecified atom stereocenters. The Kier molecular flexibility index (Phi) is 9.24. The molecule has 0 saturated carbocycles. The Morgan fingerprint density at radius 1 is 1.19 bits per heavy atom. The van der Waals surface area contributed by atoms with Crippen LogP contribution in [0.5, 0.6) is 5.88 Å². The van der Waals surface area contributed by atoms with E-state index in [-0.39, 0.29) is 36.5 Å². The van der Waals surface area contributed by atoms with Crippen LogP contribution in [0.2, 0.25) is 0 Å². The Hall–Kier alpha value is -1.98. The van der Waals surface area contributed by atoms with Crippen LogP contribution >= 0.6 is 24.0 Å². The van der Waals surface area contributed by atoms with Gasteiger partial charge < -0.3 is 19.9 Å². The molecule has 0 radical (unpaired) electrons. The van der Waals surface area contributed by atoms with Crippen LogP contribution in [0, 0.1) is 0 Å². The van der Waals surface area contributed by atoms with Crippen molar-refractivity contribution in [2.75, 3.05) is 26.7 Å². The first-order valence-corrected chi connectivity index (χ1v) is 7.70. The quantitative estimate of drug-likeness (QED) is 0.275. The minimum atomic E-state index is -4.40. The summed E-state index contributed by atoms with van der Waals surface area (Å²) in [6.07, 6.45) is 0.307. The maximum Gasteiger partial charge on any atom is 0.417 e. The van der Waals surface area contributed by atoms with Crippen molar-refractivity contribution >= 4 is 29.9 Å². The number of rotatable bonds is 7. The zero-order valence-electron chi connectivity index (χ0n) is 14.2. The second-order valence-electron chi connectivity index (χ2n) is 5.08. The summed E-state index contributed by atoms with van der Waals surface area (Å²) in [5.74, 6) is 0.765. The van der Waals surface area contributed by atoms with E-state index in [4.69, 9.17) is 4.74 Å². The van der Waals surface area contributed by atoms with Crippen molar-refractivity contribution in [1.29, 1.82) is 0 Å². The number of nitrogens with one attached hydrogen (secondary N) is 2. The number of alkyl halides is 3. The van der Waals surface area contributed by atoms with E-state index in [1.54, 1.807) is 7.05 Å². The third-order valence-electron chi connectivity index (χ3n) is 3.26. The first-order valence-electron chi connectivity index (χ1n) is 7.70. The van der Waals surface area contributed by atoms with E-state index in [1.807, 2.05) is 29.1 Å². The van der Waals surface area contributed by atoms with Gasteiger partial charge in [-0.25, -0.2) is 4.98 Å². The average Bonchev–Trinajstić information content (AvgIpc) is 3.10. The predicted molar refractivity (Wildman–Crippen MR) is 104 cm³/mol. The number of halogens is 4. The number of ether oxygens (including phenoxy) is 1. The topological polar surface area (TPSA) is 63.5 Å². The molecule has 2 N–H and O–H groups in total. The van der Waals surface area contributed by atoms with Gasteiger partial charge in [-0.3, -0.25) is 4.99 Å². The molecule has 6 nitrogen and oxygen atoms in total. The summed E-state index contributed by atoms with van der Waals surface area (Å²) < 4.78 is 44.6. The number of pyridine rings is 1. The summed E-state index contributed by atoms with van der Waals surface area (Å²) in [5, 5.41) is 6.20. The van der Waals surface area contributed by atoms with E-state index in [9.17, 15) is 13.2 Å². The molecule has 0 aliphatic carbocycles. The molecule has 2 aromatic rings. The van der Waals surface area contributed by atoms with Crippen LogP contribution in [0.3, 0.4) is 0 Å². The summed E-state index contributed by atoms with van der Waals surface area (Å²) in [6, 6.07) is 6.06. The highest BCUT2D eigenvalue weighted by molar-refractivity contribution is 14.0. The Morgan fingerprint density at radius 2 is 1.88 bits per heavy atom. The van der Waals surface area contributed by atoms with E-state index in [1.165, 1.54) is 6.07 Å². The number of aliphatic imine (C=N–C) groups is 1. The van der Waals surface area contributed by atoms with Gasteiger partial charge in [-0.05, 0) is 18.2 Å². The van der Waals surface area contributed by atoms with Crippen molar-refractivity contribution in [2.24, 2.45) is 4.99 Å². The lowest BCUT2D eigenvalue weighted by atomic mass is 10.3. The monoisotopic (exact) mass is 483 g/mol. The molecule has 0 bridgehead atoms. The second-order valence-corrected chi connectivity index (χ2v) is 5.08.